The van der Waals surface area contributed by atoms with Crippen LogP contribution >= 0.6 is 11.7 Å². The molecule has 0 aliphatic carbocycles. The highest BCUT2D eigenvalue weighted by Crippen LogP contribution is 2.26. The van der Waals surface area contributed by atoms with Crippen molar-refractivity contribution in [3.8, 4) is 0 Å². The Morgan fingerprint density at radius 3 is 2.85 bits per heavy atom. The van der Waals surface area contributed by atoms with Gasteiger partial charge >= 0.3 is 0 Å². The van der Waals surface area contributed by atoms with Gasteiger partial charge in [-0.1, -0.05) is 13.0 Å². The summed E-state index contributed by atoms with van der Waals surface area (Å²) in [6.07, 6.45) is 0.793. The normalized spacial score (nSPS) is 16.7. The van der Waals surface area contributed by atoms with Gasteiger partial charge in [-0.2, -0.15) is 13.1 Å². The number of rotatable bonds is 5. The SMILES string of the molecule is CCCN(C1CNC1)S(=O)(=O)c1cccc2nsnc12. The summed E-state index contributed by atoms with van der Waals surface area (Å²) < 4.78 is 35.7. The van der Waals surface area contributed by atoms with Gasteiger partial charge in [0.2, 0.25) is 10.0 Å². The first-order chi connectivity index (χ1) is 9.64. The second-order valence-electron chi connectivity index (χ2n) is 4.82. The maximum atomic E-state index is 12.9. The van der Waals surface area contributed by atoms with Crippen molar-refractivity contribution >= 4 is 32.8 Å². The standard InChI is InChI=1S/C12H16N4O2S2/c1-2-6-16(9-7-13-8-9)20(17,18)11-5-3-4-10-12(11)15-19-14-10/h3-5,9,13H,2,6-8H2,1H3. The van der Waals surface area contributed by atoms with Gasteiger partial charge in [0.05, 0.1) is 17.8 Å². The molecule has 3 rings (SSSR count). The van der Waals surface area contributed by atoms with Gasteiger partial charge in [-0.3, -0.25) is 0 Å². The molecule has 1 fully saturated rings. The molecule has 1 aliphatic heterocycles. The van der Waals surface area contributed by atoms with E-state index in [1.807, 2.05) is 6.92 Å². The van der Waals surface area contributed by atoms with Gasteiger partial charge in [-0.15, -0.1) is 0 Å². The number of hydrogen-bond acceptors (Lipinski definition) is 6. The molecule has 20 heavy (non-hydrogen) atoms. The lowest BCUT2D eigenvalue weighted by molar-refractivity contribution is 0.242. The molecule has 0 spiro atoms. The lowest BCUT2D eigenvalue weighted by Gasteiger charge is -2.37. The molecule has 2 heterocycles. The van der Waals surface area contributed by atoms with Crippen LogP contribution in [0.2, 0.25) is 0 Å². The van der Waals surface area contributed by atoms with Gasteiger partial charge in [0.1, 0.15) is 15.9 Å². The van der Waals surface area contributed by atoms with Crippen molar-refractivity contribution in [2.24, 2.45) is 0 Å². The number of sulfonamides is 1. The zero-order valence-corrected chi connectivity index (χ0v) is 12.7. The minimum atomic E-state index is -3.52. The Morgan fingerprint density at radius 2 is 2.20 bits per heavy atom. The topological polar surface area (TPSA) is 75.2 Å². The maximum Gasteiger partial charge on any atom is 0.245 e. The Balaban J connectivity index is 2.07. The zero-order valence-electron chi connectivity index (χ0n) is 11.1. The lowest BCUT2D eigenvalue weighted by Crippen LogP contribution is -2.58. The molecule has 6 nitrogen and oxygen atoms in total. The number of benzene rings is 1. The van der Waals surface area contributed by atoms with E-state index in [0.29, 0.717) is 30.7 Å². The van der Waals surface area contributed by atoms with E-state index in [0.717, 1.165) is 18.1 Å². The van der Waals surface area contributed by atoms with Crippen LogP contribution in [0.1, 0.15) is 13.3 Å². The van der Waals surface area contributed by atoms with Crippen LogP contribution in [-0.2, 0) is 10.0 Å². The minimum absolute atomic E-state index is 0.0433. The molecular formula is C12H16N4O2S2. The molecule has 0 unspecified atom stereocenters. The minimum Gasteiger partial charge on any atom is -0.313 e. The van der Waals surface area contributed by atoms with Crippen LogP contribution in [0.3, 0.4) is 0 Å². The fraction of sp³-hybridized carbons (Fsp3) is 0.500. The first-order valence-corrected chi connectivity index (χ1v) is 8.75. The first kappa shape index (κ1) is 13.9. The molecule has 1 aliphatic rings. The summed E-state index contributed by atoms with van der Waals surface area (Å²) in [5.41, 5.74) is 1.12. The molecule has 1 aromatic heterocycles. The van der Waals surface area contributed by atoms with Gasteiger partial charge in [-0.25, -0.2) is 8.42 Å². The highest BCUT2D eigenvalue weighted by molar-refractivity contribution is 7.89. The number of hydrogen-bond donors (Lipinski definition) is 1. The molecule has 108 valence electrons. The molecule has 0 saturated carbocycles. The summed E-state index contributed by atoms with van der Waals surface area (Å²) in [5, 5.41) is 3.12. The van der Waals surface area contributed by atoms with E-state index < -0.39 is 10.0 Å². The van der Waals surface area contributed by atoms with E-state index in [1.54, 1.807) is 22.5 Å². The smallest absolute Gasteiger partial charge is 0.245 e. The van der Waals surface area contributed by atoms with Crippen molar-refractivity contribution < 1.29 is 8.42 Å². The average Bonchev–Trinajstić information content (AvgIpc) is 2.83. The average molecular weight is 312 g/mol. The second kappa shape index (κ2) is 5.36. The number of aromatic nitrogens is 2. The van der Waals surface area contributed by atoms with Crippen LogP contribution < -0.4 is 5.32 Å². The Kier molecular flexibility index (Phi) is 3.72. The maximum absolute atomic E-state index is 12.9. The molecule has 1 aromatic carbocycles. The third-order valence-corrected chi connectivity index (χ3v) is 5.97. The van der Waals surface area contributed by atoms with Gasteiger partial charge in [0.25, 0.3) is 0 Å². The summed E-state index contributed by atoms with van der Waals surface area (Å²) in [4.78, 5) is 0.268. The first-order valence-electron chi connectivity index (χ1n) is 6.58. The fourth-order valence-corrected chi connectivity index (χ4v) is 4.78. The molecule has 2 aromatic rings. The van der Waals surface area contributed by atoms with Crippen molar-refractivity contribution in [2.45, 2.75) is 24.3 Å². The molecule has 0 amide bonds. The molecule has 8 heteroatoms. The summed E-state index contributed by atoms with van der Waals surface area (Å²) in [5.74, 6) is 0. The molecule has 0 radical (unpaired) electrons. The van der Waals surface area contributed by atoms with Crippen LogP contribution in [0.4, 0.5) is 0 Å². The van der Waals surface area contributed by atoms with Crippen LogP contribution in [0, 0.1) is 0 Å². The third kappa shape index (κ3) is 2.22. The van der Waals surface area contributed by atoms with Crippen molar-refractivity contribution in [1.82, 2.24) is 18.4 Å². The van der Waals surface area contributed by atoms with Crippen LogP contribution in [0.5, 0.6) is 0 Å². The van der Waals surface area contributed by atoms with E-state index in [4.69, 9.17) is 0 Å². The highest BCUT2D eigenvalue weighted by Gasteiger charge is 2.35. The van der Waals surface area contributed by atoms with Gasteiger partial charge < -0.3 is 5.32 Å². The monoisotopic (exact) mass is 312 g/mol. The molecule has 0 atom stereocenters. The van der Waals surface area contributed by atoms with Crippen LogP contribution in [-0.4, -0.2) is 47.1 Å². The number of nitrogens with zero attached hydrogens (tertiary/aromatic N) is 3. The Labute approximate surface area is 122 Å². The van der Waals surface area contributed by atoms with E-state index in [9.17, 15) is 8.42 Å². The zero-order chi connectivity index (χ0) is 14.2. The summed E-state index contributed by atoms with van der Waals surface area (Å²) in [6, 6.07) is 5.17. The van der Waals surface area contributed by atoms with E-state index in [1.165, 1.54) is 0 Å². The quantitative estimate of drug-likeness (QED) is 0.893. The Hall–Kier alpha value is -1.09. The van der Waals surface area contributed by atoms with Crippen LogP contribution in [0.15, 0.2) is 23.1 Å². The summed E-state index contributed by atoms with van der Waals surface area (Å²) >= 11 is 1.04. The Bertz CT molecular complexity index is 709. The fourth-order valence-electron chi connectivity index (χ4n) is 2.31. The lowest BCUT2D eigenvalue weighted by atomic mass is 10.2. The molecular weight excluding hydrogens is 296 g/mol. The van der Waals surface area contributed by atoms with Crippen molar-refractivity contribution in [3.05, 3.63) is 18.2 Å². The van der Waals surface area contributed by atoms with Crippen LogP contribution in [0.25, 0.3) is 11.0 Å². The van der Waals surface area contributed by atoms with Crippen molar-refractivity contribution in [1.29, 1.82) is 0 Å². The predicted octanol–water partition coefficient (Wildman–Crippen LogP) is 1.06. The summed E-state index contributed by atoms with van der Waals surface area (Å²) in [7, 11) is -3.52. The largest absolute Gasteiger partial charge is 0.313 e. The molecule has 1 N–H and O–H groups in total. The third-order valence-electron chi connectivity index (χ3n) is 3.45. The van der Waals surface area contributed by atoms with Gasteiger partial charge in [0, 0.05) is 19.6 Å². The highest BCUT2D eigenvalue weighted by atomic mass is 32.2. The number of nitrogens with one attached hydrogen (secondary N) is 1. The van der Waals surface area contributed by atoms with Gasteiger partial charge in [0.15, 0.2) is 0 Å². The van der Waals surface area contributed by atoms with Crippen molar-refractivity contribution in [2.75, 3.05) is 19.6 Å². The Morgan fingerprint density at radius 1 is 1.40 bits per heavy atom. The van der Waals surface area contributed by atoms with E-state index in [-0.39, 0.29) is 10.9 Å². The molecule has 0 bridgehead atoms. The van der Waals surface area contributed by atoms with E-state index in [2.05, 4.69) is 14.1 Å². The van der Waals surface area contributed by atoms with Crippen molar-refractivity contribution in [3.63, 3.8) is 0 Å². The summed E-state index contributed by atoms with van der Waals surface area (Å²) in [6.45, 7) is 3.94. The predicted molar refractivity (Wildman–Crippen MR) is 78.3 cm³/mol. The second-order valence-corrected chi connectivity index (χ2v) is 7.20. The number of fused-ring (bicyclic) bond motifs is 1. The van der Waals surface area contributed by atoms with Gasteiger partial charge in [-0.05, 0) is 18.6 Å². The molecule has 1 saturated heterocycles. The van der Waals surface area contributed by atoms with E-state index >= 15 is 0 Å².